The third-order valence-electron chi connectivity index (χ3n) is 5.80. The van der Waals surface area contributed by atoms with Crippen LogP contribution in [0.4, 0.5) is 4.39 Å². The van der Waals surface area contributed by atoms with Gasteiger partial charge >= 0.3 is 0 Å². The largest absolute Gasteiger partial charge is 0.338 e. The standard InChI is InChI=1S/C23H24Cl2FN5O3/c1-28(2)13-20(32)29-5-7-30(8-6-29)23(34)16-10-14(3-4-18(16)26)9-15-12-27-22(33)19-11-17(24)21(25)31(15)19/h3-4,10-12H,5-9,13H2,1-2H3,(H,27,33). The van der Waals surface area contributed by atoms with Crippen LogP contribution in [-0.2, 0) is 11.2 Å². The summed E-state index contributed by atoms with van der Waals surface area (Å²) in [5.41, 5.74) is 1.22. The number of rotatable bonds is 5. The van der Waals surface area contributed by atoms with Crippen LogP contribution in [0.15, 0.2) is 35.3 Å². The maximum Gasteiger partial charge on any atom is 0.272 e. The lowest BCUT2D eigenvalue weighted by atomic mass is 10.0. The number of H-pyrrole nitrogens is 1. The van der Waals surface area contributed by atoms with Gasteiger partial charge in [-0.2, -0.15) is 0 Å². The van der Waals surface area contributed by atoms with Crippen LogP contribution in [0, 0.1) is 5.82 Å². The molecule has 3 heterocycles. The van der Waals surface area contributed by atoms with Crippen molar-refractivity contribution in [2.24, 2.45) is 0 Å². The summed E-state index contributed by atoms with van der Waals surface area (Å²) in [7, 11) is 3.65. The Hall–Kier alpha value is -2.88. The van der Waals surface area contributed by atoms with Crippen molar-refractivity contribution in [2.75, 3.05) is 46.8 Å². The maximum absolute atomic E-state index is 14.6. The van der Waals surface area contributed by atoms with E-state index in [2.05, 4.69) is 4.98 Å². The molecule has 1 fully saturated rings. The first kappa shape index (κ1) is 24.3. The van der Waals surface area contributed by atoms with Gasteiger partial charge in [-0.05, 0) is 37.9 Å². The molecule has 11 heteroatoms. The van der Waals surface area contributed by atoms with Crippen molar-refractivity contribution in [3.63, 3.8) is 0 Å². The average Bonchev–Trinajstić information content (AvgIpc) is 3.11. The third-order valence-corrected chi connectivity index (χ3v) is 6.56. The molecule has 1 aromatic carbocycles. The molecule has 1 aliphatic rings. The number of aromatic amines is 1. The molecule has 8 nitrogen and oxygen atoms in total. The van der Waals surface area contributed by atoms with Crippen molar-refractivity contribution in [1.82, 2.24) is 24.1 Å². The van der Waals surface area contributed by atoms with Crippen LogP contribution in [-0.4, -0.2) is 82.7 Å². The summed E-state index contributed by atoms with van der Waals surface area (Å²) in [6, 6.07) is 5.83. The van der Waals surface area contributed by atoms with Gasteiger partial charge in [0.1, 0.15) is 16.5 Å². The topological polar surface area (TPSA) is 81.1 Å². The van der Waals surface area contributed by atoms with Crippen LogP contribution in [0.1, 0.15) is 21.6 Å². The number of nitrogens with one attached hydrogen (secondary N) is 1. The number of aromatic nitrogens is 2. The first-order chi connectivity index (χ1) is 16.2. The molecule has 0 radical (unpaired) electrons. The highest BCUT2D eigenvalue weighted by molar-refractivity contribution is 6.42. The molecule has 2 amide bonds. The normalized spacial score (nSPS) is 14.3. The maximum atomic E-state index is 14.6. The number of hydrogen-bond acceptors (Lipinski definition) is 4. The van der Waals surface area contributed by atoms with Crippen molar-refractivity contribution in [2.45, 2.75) is 6.42 Å². The molecular formula is C23H24Cl2FN5O3. The molecular weight excluding hydrogens is 484 g/mol. The lowest BCUT2D eigenvalue weighted by Crippen LogP contribution is -2.52. The summed E-state index contributed by atoms with van der Waals surface area (Å²) in [6.07, 6.45) is 1.80. The number of amides is 2. The van der Waals surface area contributed by atoms with Crippen molar-refractivity contribution in [3.05, 3.63) is 73.6 Å². The fraction of sp³-hybridized carbons (Fsp3) is 0.348. The molecule has 34 heavy (non-hydrogen) atoms. The lowest BCUT2D eigenvalue weighted by Gasteiger charge is -2.35. The van der Waals surface area contributed by atoms with Crippen molar-refractivity contribution in [3.8, 4) is 0 Å². The van der Waals surface area contributed by atoms with E-state index in [4.69, 9.17) is 23.2 Å². The zero-order valence-corrected chi connectivity index (χ0v) is 20.3. The molecule has 2 aromatic heterocycles. The smallest absolute Gasteiger partial charge is 0.272 e. The minimum Gasteiger partial charge on any atom is -0.338 e. The van der Waals surface area contributed by atoms with Crippen LogP contribution in [0.5, 0.6) is 0 Å². The highest BCUT2D eigenvalue weighted by atomic mass is 35.5. The third kappa shape index (κ3) is 4.82. The highest BCUT2D eigenvalue weighted by Gasteiger charge is 2.26. The Kier molecular flexibility index (Phi) is 6.97. The summed E-state index contributed by atoms with van der Waals surface area (Å²) in [5.74, 6) is -1.04. The summed E-state index contributed by atoms with van der Waals surface area (Å²) >= 11 is 12.4. The van der Waals surface area contributed by atoms with E-state index in [-0.39, 0.29) is 33.6 Å². The van der Waals surface area contributed by atoms with E-state index in [0.717, 1.165) is 0 Å². The Labute approximate surface area is 205 Å². The highest BCUT2D eigenvalue weighted by Crippen LogP contribution is 2.27. The molecule has 0 aliphatic carbocycles. The quantitative estimate of drug-likeness (QED) is 0.575. The Morgan fingerprint density at radius 1 is 1.09 bits per heavy atom. The molecule has 3 aromatic rings. The van der Waals surface area contributed by atoms with Gasteiger partial charge < -0.3 is 19.7 Å². The Balaban J connectivity index is 1.53. The Morgan fingerprint density at radius 3 is 2.44 bits per heavy atom. The Bertz CT molecular complexity index is 1310. The lowest BCUT2D eigenvalue weighted by molar-refractivity contribution is -0.133. The van der Waals surface area contributed by atoms with Crippen LogP contribution in [0.3, 0.4) is 0 Å². The van der Waals surface area contributed by atoms with Gasteiger partial charge in [-0.15, -0.1) is 0 Å². The van der Waals surface area contributed by atoms with E-state index < -0.39 is 11.7 Å². The number of nitrogens with zero attached hydrogens (tertiary/aromatic N) is 4. The molecule has 0 spiro atoms. The summed E-state index contributed by atoms with van der Waals surface area (Å²) < 4.78 is 16.2. The second kappa shape index (κ2) is 9.77. The summed E-state index contributed by atoms with van der Waals surface area (Å²) in [6.45, 7) is 1.78. The van der Waals surface area contributed by atoms with E-state index >= 15 is 0 Å². The summed E-state index contributed by atoms with van der Waals surface area (Å²) in [4.78, 5) is 45.2. The fourth-order valence-electron chi connectivity index (χ4n) is 4.08. The van der Waals surface area contributed by atoms with Gasteiger partial charge in [-0.1, -0.05) is 29.3 Å². The van der Waals surface area contributed by atoms with Crippen LogP contribution >= 0.6 is 23.2 Å². The number of benzene rings is 1. The number of halogens is 3. The second-order valence-electron chi connectivity index (χ2n) is 8.51. The summed E-state index contributed by atoms with van der Waals surface area (Å²) in [5, 5.41) is 0.454. The van der Waals surface area contributed by atoms with Gasteiger partial charge in [-0.25, -0.2) is 4.39 Å². The van der Waals surface area contributed by atoms with Crippen LogP contribution < -0.4 is 5.56 Å². The second-order valence-corrected chi connectivity index (χ2v) is 9.28. The van der Waals surface area contributed by atoms with E-state index in [1.807, 2.05) is 14.1 Å². The molecule has 1 aliphatic heterocycles. The van der Waals surface area contributed by atoms with E-state index in [1.54, 1.807) is 20.8 Å². The monoisotopic (exact) mass is 507 g/mol. The number of piperazine rings is 1. The van der Waals surface area contributed by atoms with Gasteiger partial charge in [0.25, 0.3) is 11.5 Å². The van der Waals surface area contributed by atoms with Crippen LogP contribution in [0.25, 0.3) is 5.52 Å². The van der Waals surface area contributed by atoms with Gasteiger partial charge in [0, 0.05) is 44.5 Å². The minimum atomic E-state index is -0.617. The molecule has 4 rings (SSSR count). The van der Waals surface area contributed by atoms with Gasteiger partial charge in [0.2, 0.25) is 5.91 Å². The molecule has 0 saturated carbocycles. The van der Waals surface area contributed by atoms with Gasteiger partial charge in [-0.3, -0.25) is 18.8 Å². The van der Waals surface area contributed by atoms with E-state index in [0.29, 0.717) is 49.5 Å². The van der Waals surface area contributed by atoms with Crippen molar-refractivity contribution >= 4 is 40.5 Å². The van der Waals surface area contributed by atoms with E-state index in [9.17, 15) is 18.8 Å². The molecule has 0 atom stereocenters. The molecule has 180 valence electrons. The number of likely N-dealkylation sites (N-methyl/N-ethyl adjacent to an activating group) is 1. The molecule has 0 unspecified atom stereocenters. The first-order valence-electron chi connectivity index (χ1n) is 10.7. The van der Waals surface area contributed by atoms with Gasteiger partial charge in [0.05, 0.1) is 17.1 Å². The van der Waals surface area contributed by atoms with Crippen molar-refractivity contribution < 1.29 is 14.0 Å². The molecule has 1 saturated heterocycles. The number of carbonyl (C=O) groups is 2. The SMILES string of the molecule is CN(C)CC(=O)N1CCN(C(=O)c2cc(Cc3c[nH]c(=O)c4cc(Cl)c(Cl)n34)ccc2F)CC1. The van der Waals surface area contributed by atoms with E-state index in [1.165, 1.54) is 28.8 Å². The number of carbonyl (C=O) groups excluding carboxylic acids is 2. The fourth-order valence-corrected chi connectivity index (χ4v) is 4.52. The predicted octanol–water partition coefficient (Wildman–Crippen LogP) is 2.51. The zero-order chi connectivity index (χ0) is 24.6. The van der Waals surface area contributed by atoms with Gasteiger partial charge in [0.15, 0.2) is 0 Å². The van der Waals surface area contributed by atoms with Crippen molar-refractivity contribution in [1.29, 1.82) is 0 Å². The first-order valence-corrected chi connectivity index (χ1v) is 11.5. The predicted molar refractivity (Wildman–Crippen MR) is 128 cm³/mol. The Morgan fingerprint density at radius 2 is 1.76 bits per heavy atom. The van der Waals surface area contributed by atoms with Crippen LogP contribution in [0.2, 0.25) is 10.2 Å². The molecule has 0 bridgehead atoms. The molecule has 1 N–H and O–H groups in total. The zero-order valence-electron chi connectivity index (χ0n) is 18.8. The minimum absolute atomic E-state index is 0.00118. The average molecular weight is 508 g/mol. The number of hydrogen-bond donors (Lipinski definition) is 1. The number of fused-ring (bicyclic) bond motifs is 1.